The quantitative estimate of drug-likeness (QED) is 0.911. The molecule has 2 heterocycles. The lowest BCUT2D eigenvalue weighted by Gasteiger charge is -2.34. The zero-order valence-corrected chi connectivity index (χ0v) is 14.9. The molecule has 1 fully saturated rings. The number of primary amides is 1. The molecule has 5 nitrogen and oxygen atoms in total. The number of amides is 2. The van der Waals surface area contributed by atoms with Crippen LogP contribution in [0.1, 0.15) is 32.6 Å². The van der Waals surface area contributed by atoms with Crippen molar-refractivity contribution in [2.24, 2.45) is 5.73 Å². The van der Waals surface area contributed by atoms with Crippen LogP contribution in [0.15, 0.2) is 29.2 Å². The van der Waals surface area contributed by atoms with Crippen molar-refractivity contribution in [3.8, 4) is 0 Å². The Morgan fingerprint density at radius 1 is 1.21 bits per heavy atom. The van der Waals surface area contributed by atoms with E-state index in [-0.39, 0.29) is 24.4 Å². The molecule has 0 spiro atoms. The fraction of sp³-hybridized carbons (Fsp3) is 0.556. The van der Waals surface area contributed by atoms with E-state index in [4.69, 9.17) is 5.73 Å². The number of rotatable bonds is 3. The minimum atomic E-state index is -0.317. The van der Waals surface area contributed by atoms with Gasteiger partial charge in [0.2, 0.25) is 11.8 Å². The Morgan fingerprint density at radius 3 is 2.79 bits per heavy atom. The number of benzene rings is 1. The van der Waals surface area contributed by atoms with Crippen molar-refractivity contribution < 1.29 is 9.59 Å². The first-order chi connectivity index (χ1) is 11.6. The Labute approximate surface area is 147 Å². The van der Waals surface area contributed by atoms with E-state index in [0.29, 0.717) is 5.25 Å². The number of anilines is 1. The summed E-state index contributed by atoms with van der Waals surface area (Å²) in [5.74, 6) is -0.256. The molecule has 2 aliphatic rings. The summed E-state index contributed by atoms with van der Waals surface area (Å²) in [5, 5.41) is 0.484. The van der Waals surface area contributed by atoms with E-state index in [0.717, 1.165) is 49.4 Å². The third-order valence-corrected chi connectivity index (χ3v) is 6.06. The van der Waals surface area contributed by atoms with Crippen molar-refractivity contribution in [3.05, 3.63) is 24.3 Å². The topological polar surface area (TPSA) is 66.6 Å². The molecule has 6 heteroatoms. The predicted molar refractivity (Wildman–Crippen MR) is 97.1 cm³/mol. The summed E-state index contributed by atoms with van der Waals surface area (Å²) in [5.41, 5.74) is 6.51. The number of carbonyl (C=O) groups excluding carboxylic acids is 2. The largest absolute Gasteiger partial charge is 0.368 e. The van der Waals surface area contributed by atoms with Gasteiger partial charge in [-0.3, -0.25) is 14.5 Å². The number of hydrogen-bond acceptors (Lipinski definition) is 4. The van der Waals surface area contributed by atoms with Gasteiger partial charge in [0.15, 0.2) is 0 Å². The molecule has 2 aliphatic heterocycles. The molecule has 3 rings (SSSR count). The van der Waals surface area contributed by atoms with Gasteiger partial charge in [0, 0.05) is 16.7 Å². The highest BCUT2D eigenvalue weighted by atomic mass is 32.2. The molecule has 2 atom stereocenters. The van der Waals surface area contributed by atoms with Crippen molar-refractivity contribution in [1.29, 1.82) is 0 Å². The molecule has 0 unspecified atom stereocenters. The molecule has 1 aromatic rings. The second-order valence-corrected chi connectivity index (χ2v) is 8.09. The van der Waals surface area contributed by atoms with Gasteiger partial charge in [-0.15, -0.1) is 11.8 Å². The van der Waals surface area contributed by atoms with Gasteiger partial charge < -0.3 is 10.6 Å². The SMILES string of the molecule is C[C@H]1CCN(C(=O)CN2CCCC[C@@H]2C(N)=O)c2ccccc2S1. The Morgan fingerprint density at radius 2 is 2.00 bits per heavy atom. The highest BCUT2D eigenvalue weighted by Crippen LogP contribution is 2.37. The van der Waals surface area contributed by atoms with Crippen LogP contribution in [0.4, 0.5) is 5.69 Å². The number of nitrogens with two attached hydrogens (primary N) is 1. The van der Waals surface area contributed by atoms with Crippen molar-refractivity contribution in [1.82, 2.24) is 4.90 Å². The highest BCUT2D eigenvalue weighted by Gasteiger charge is 2.31. The van der Waals surface area contributed by atoms with Gasteiger partial charge in [-0.2, -0.15) is 0 Å². The predicted octanol–water partition coefficient (Wildman–Crippen LogP) is 2.24. The molecule has 0 radical (unpaired) electrons. The molecule has 1 aromatic carbocycles. The van der Waals surface area contributed by atoms with Gasteiger partial charge in [0.1, 0.15) is 0 Å². The lowest BCUT2D eigenvalue weighted by molar-refractivity contribution is -0.127. The third kappa shape index (κ3) is 3.75. The van der Waals surface area contributed by atoms with Crippen molar-refractivity contribution in [2.75, 3.05) is 24.5 Å². The van der Waals surface area contributed by atoms with E-state index in [1.807, 2.05) is 39.8 Å². The summed E-state index contributed by atoms with van der Waals surface area (Å²) in [7, 11) is 0. The zero-order valence-electron chi connectivity index (χ0n) is 14.1. The van der Waals surface area contributed by atoms with Gasteiger partial charge in [-0.1, -0.05) is 25.5 Å². The second-order valence-electron chi connectivity index (χ2n) is 6.61. The van der Waals surface area contributed by atoms with E-state index < -0.39 is 0 Å². The number of fused-ring (bicyclic) bond motifs is 1. The molecule has 0 saturated carbocycles. The summed E-state index contributed by atoms with van der Waals surface area (Å²) in [6, 6.07) is 7.77. The Bertz CT molecular complexity index is 622. The highest BCUT2D eigenvalue weighted by molar-refractivity contribution is 8.00. The lowest BCUT2D eigenvalue weighted by atomic mass is 10.0. The van der Waals surface area contributed by atoms with Crippen LogP contribution in [0.2, 0.25) is 0 Å². The first-order valence-electron chi connectivity index (χ1n) is 8.65. The molecule has 2 amide bonds. The lowest BCUT2D eigenvalue weighted by Crippen LogP contribution is -2.52. The molecule has 0 aliphatic carbocycles. The first kappa shape index (κ1) is 17.3. The Balaban J connectivity index is 1.78. The first-order valence-corrected chi connectivity index (χ1v) is 9.53. The molecular weight excluding hydrogens is 322 g/mol. The van der Waals surface area contributed by atoms with E-state index in [1.165, 1.54) is 0 Å². The van der Waals surface area contributed by atoms with E-state index in [9.17, 15) is 9.59 Å². The smallest absolute Gasteiger partial charge is 0.241 e. The summed E-state index contributed by atoms with van der Waals surface area (Å²) in [6.07, 6.45) is 3.73. The minimum absolute atomic E-state index is 0.0605. The normalized spacial score (nSPS) is 25.0. The second kappa shape index (κ2) is 7.57. The Kier molecular flexibility index (Phi) is 5.46. The molecule has 24 heavy (non-hydrogen) atoms. The monoisotopic (exact) mass is 347 g/mol. The maximum absolute atomic E-state index is 13.0. The van der Waals surface area contributed by atoms with E-state index >= 15 is 0 Å². The van der Waals surface area contributed by atoms with Crippen LogP contribution < -0.4 is 10.6 Å². The van der Waals surface area contributed by atoms with Crippen LogP contribution in [-0.4, -0.2) is 47.6 Å². The number of carbonyl (C=O) groups is 2. The van der Waals surface area contributed by atoms with Gasteiger partial charge in [-0.05, 0) is 37.9 Å². The number of hydrogen-bond donors (Lipinski definition) is 1. The van der Waals surface area contributed by atoms with Crippen LogP contribution in [-0.2, 0) is 9.59 Å². The minimum Gasteiger partial charge on any atom is -0.368 e. The van der Waals surface area contributed by atoms with Crippen LogP contribution in [0.5, 0.6) is 0 Å². The zero-order chi connectivity index (χ0) is 17.1. The van der Waals surface area contributed by atoms with Crippen molar-refractivity contribution >= 4 is 29.3 Å². The Hall–Kier alpha value is -1.53. The summed E-state index contributed by atoms with van der Waals surface area (Å²) in [6.45, 7) is 3.95. The van der Waals surface area contributed by atoms with Crippen molar-refractivity contribution in [3.63, 3.8) is 0 Å². The van der Waals surface area contributed by atoms with Gasteiger partial charge in [0.05, 0.1) is 18.3 Å². The molecule has 1 saturated heterocycles. The molecule has 0 bridgehead atoms. The number of para-hydroxylation sites is 1. The maximum Gasteiger partial charge on any atom is 0.241 e. The van der Waals surface area contributed by atoms with Gasteiger partial charge in [0.25, 0.3) is 0 Å². The molecular formula is C18H25N3O2S. The molecule has 2 N–H and O–H groups in total. The average molecular weight is 347 g/mol. The standard InChI is InChI=1S/C18H25N3O2S/c1-13-9-11-21(14-6-2-3-8-16(14)24-13)17(22)12-20-10-5-4-7-15(20)18(19)23/h2-3,6,8,13,15H,4-5,7,9-12H2,1H3,(H2,19,23)/t13-,15+/m0/s1. The molecule has 0 aromatic heterocycles. The van der Waals surface area contributed by atoms with E-state index in [1.54, 1.807) is 0 Å². The number of nitrogens with zero attached hydrogens (tertiary/aromatic N) is 2. The number of likely N-dealkylation sites (tertiary alicyclic amines) is 1. The fourth-order valence-electron chi connectivity index (χ4n) is 3.51. The van der Waals surface area contributed by atoms with Gasteiger partial charge >= 0.3 is 0 Å². The summed E-state index contributed by atoms with van der Waals surface area (Å²) < 4.78 is 0. The van der Waals surface area contributed by atoms with Crippen LogP contribution in [0.3, 0.4) is 0 Å². The number of piperidine rings is 1. The van der Waals surface area contributed by atoms with E-state index in [2.05, 4.69) is 13.0 Å². The average Bonchev–Trinajstić information content (AvgIpc) is 2.73. The number of thioether (sulfide) groups is 1. The third-order valence-electron chi connectivity index (χ3n) is 4.82. The fourth-order valence-corrected chi connectivity index (χ4v) is 4.62. The summed E-state index contributed by atoms with van der Waals surface area (Å²) >= 11 is 1.82. The van der Waals surface area contributed by atoms with Crippen LogP contribution in [0, 0.1) is 0 Å². The van der Waals surface area contributed by atoms with Gasteiger partial charge in [-0.25, -0.2) is 0 Å². The van der Waals surface area contributed by atoms with Crippen LogP contribution >= 0.6 is 11.8 Å². The maximum atomic E-state index is 13.0. The van der Waals surface area contributed by atoms with Crippen molar-refractivity contribution in [2.45, 2.75) is 48.8 Å². The molecule has 130 valence electrons. The van der Waals surface area contributed by atoms with Crippen LogP contribution in [0.25, 0.3) is 0 Å². The summed E-state index contributed by atoms with van der Waals surface area (Å²) in [4.78, 5) is 29.6.